The lowest BCUT2D eigenvalue weighted by atomic mass is 10.1. The third kappa shape index (κ3) is 2.84. The van der Waals surface area contributed by atoms with Gasteiger partial charge in [0.05, 0.1) is 0 Å². The maximum Gasteiger partial charge on any atom is 0.303 e. The summed E-state index contributed by atoms with van der Waals surface area (Å²) in [6, 6.07) is 15.3. The fourth-order valence-corrected chi connectivity index (χ4v) is 2.26. The lowest BCUT2D eigenvalue weighted by molar-refractivity contribution is -0.662. The zero-order chi connectivity index (χ0) is 14.9. The van der Waals surface area contributed by atoms with E-state index in [0.717, 1.165) is 28.0 Å². The molecular weight excluding hydrogens is 312 g/mol. The van der Waals surface area contributed by atoms with Crippen molar-refractivity contribution in [3.63, 3.8) is 0 Å². The average Bonchev–Trinajstić information content (AvgIpc) is 3.05. The zero-order valence-corrected chi connectivity index (χ0v) is 12.8. The Kier molecular flexibility index (Phi) is 3.91. The van der Waals surface area contributed by atoms with E-state index in [9.17, 15) is 0 Å². The number of para-hydroxylation sites is 2. The Hall–Kier alpha value is -2.99. The van der Waals surface area contributed by atoms with Gasteiger partial charge in [-0.25, -0.2) is 4.98 Å². The van der Waals surface area contributed by atoms with Crippen molar-refractivity contribution in [1.82, 2.24) is 20.3 Å². The van der Waals surface area contributed by atoms with Crippen LogP contribution in [0, 0.1) is 0 Å². The van der Waals surface area contributed by atoms with Crippen LogP contribution in [0.5, 0.6) is 0 Å². The second-order valence-electron chi connectivity index (χ2n) is 4.94. The highest BCUT2D eigenvalue weighted by Crippen LogP contribution is 2.16. The van der Waals surface area contributed by atoms with Crippen LogP contribution in [0.25, 0.3) is 28.1 Å². The van der Waals surface area contributed by atoms with Crippen molar-refractivity contribution >= 4 is 16.7 Å². The lowest BCUT2D eigenvalue weighted by Gasteiger charge is -1.95. The van der Waals surface area contributed by atoms with Crippen LogP contribution in [0.15, 0.2) is 60.9 Å². The van der Waals surface area contributed by atoms with Gasteiger partial charge in [-0.05, 0) is 41.5 Å². The molecule has 0 amide bonds. The van der Waals surface area contributed by atoms with E-state index in [-0.39, 0.29) is 12.4 Å². The van der Waals surface area contributed by atoms with Crippen LogP contribution in [-0.2, 0) is 0 Å². The molecule has 114 valence electrons. The number of aromatic nitrogens is 5. The van der Waals surface area contributed by atoms with Gasteiger partial charge in [-0.2, -0.15) is 0 Å². The van der Waals surface area contributed by atoms with Crippen molar-refractivity contribution in [2.45, 2.75) is 0 Å². The maximum absolute atomic E-state index is 5.70. The number of benzene rings is 2. The van der Waals surface area contributed by atoms with Crippen LogP contribution in [0.3, 0.4) is 0 Å². The molecule has 4 rings (SSSR count). The summed E-state index contributed by atoms with van der Waals surface area (Å²) in [7, 11) is 0. The average molecular weight is 325 g/mol. The number of halogens is 1. The van der Waals surface area contributed by atoms with Gasteiger partial charge in [0.25, 0.3) is 0 Å². The molecule has 0 unspecified atom stereocenters. The van der Waals surface area contributed by atoms with Gasteiger partial charge < -0.3 is 18.1 Å². The molecule has 0 bridgehead atoms. The number of aromatic amines is 1. The smallest absolute Gasteiger partial charge is 0.303 e. The Morgan fingerprint density at radius 3 is 2.48 bits per heavy atom. The molecule has 0 aliphatic carbocycles. The molecule has 0 aliphatic rings. The summed E-state index contributed by atoms with van der Waals surface area (Å²) >= 11 is 0. The maximum atomic E-state index is 5.70. The highest BCUT2D eigenvalue weighted by Gasteiger charge is 2.13. The molecule has 0 spiro atoms. The lowest BCUT2D eigenvalue weighted by Crippen LogP contribution is -3.00. The third-order valence-corrected chi connectivity index (χ3v) is 3.42. The molecule has 7 heteroatoms. The number of hydrogen-bond donors (Lipinski definition) is 2. The van der Waals surface area contributed by atoms with Gasteiger partial charge >= 0.3 is 5.82 Å². The molecule has 0 aliphatic heterocycles. The van der Waals surface area contributed by atoms with Gasteiger partial charge in [-0.15, -0.1) is 9.90 Å². The standard InChI is InChI=1S/C16H12N6.ClH/c17-12-7-5-11(6-8-12)15-10-22(21-20-15)16-9-18-13-3-1-2-4-14(13)19-16;/h1-10H,17H2;1H. The first-order valence-corrected chi connectivity index (χ1v) is 6.85. The summed E-state index contributed by atoms with van der Waals surface area (Å²) in [6.45, 7) is 0. The molecule has 0 atom stereocenters. The number of nitrogens with two attached hydrogens (primary N) is 1. The molecule has 2 aromatic carbocycles. The Labute approximate surface area is 138 Å². The molecule has 0 fully saturated rings. The second kappa shape index (κ2) is 6.02. The van der Waals surface area contributed by atoms with Gasteiger partial charge in [0.15, 0.2) is 5.52 Å². The van der Waals surface area contributed by atoms with Gasteiger partial charge in [0, 0.05) is 11.3 Å². The fourth-order valence-electron chi connectivity index (χ4n) is 2.26. The molecular formula is C16H13ClN6. The molecule has 6 nitrogen and oxygen atoms in total. The molecule has 2 heterocycles. The van der Waals surface area contributed by atoms with Crippen LogP contribution >= 0.6 is 0 Å². The number of rotatable bonds is 2. The van der Waals surface area contributed by atoms with E-state index >= 15 is 0 Å². The van der Waals surface area contributed by atoms with E-state index in [4.69, 9.17) is 5.73 Å². The first-order chi connectivity index (χ1) is 10.8. The number of hydrogen-bond acceptors (Lipinski definition) is 4. The van der Waals surface area contributed by atoms with Crippen molar-refractivity contribution in [3.05, 3.63) is 60.9 Å². The summed E-state index contributed by atoms with van der Waals surface area (Å²) < 4.78 is 1.74. The monoisotopic (exact) mass is 324 g/mol. The van der Waals surface area contributed by atoms with Crippen molar-refractivity contribution in [2.24, 2.45) is 0 Å². The Morgan fingerprint density at radius 2 is 1.70 bits per heavy atom. The van der Waals surface area contributed by atoms with Crippen molar-refractivity contribution in [1.29, 1.82) is 0 Å². The molecule has 3 N–H and O–H groups in total. The van der Waals surface area contributed by atoms with E-state index in [1.165, 1.54) is 0 Å². The fraction of sp³-hybridized carbons (Fsp3) is 0. The topological polar surface area (TPSA) is 84.4 Å². The minimum Gasteiger partial charge on any atom is -1.00 e. The summed E-state index contributed by atoms with van der Waals surface area (Å²) in [5.41, 5.74) is 9.94. The zero-order valence-electron chi connectivity index (χ0n) is 12.0. The van der Waals surface area contributed by atoms with Gasteiger partial charge in [0.2, 0.25) is 5.69 Å². The van der Waals surface area contributed by atoms with Crippen molar-refractivity contribution < 1.29 is 17.1 Å². The summed E-state index contributed by atoms with van der Waals surface area (Å²) in [5, 5.41) is 7.23. The highest BCUT2D eigenvalue weighted by molar-refractivity contribution is 5.74. The SMILES string of the molecule is Nc1ccc(-c2c[n+](-c3cnc4ccccc4n3)[nH]n2)cc1.[Cl-]. The Bertz CT molecular complexity index is 948. The summed E-state index contributed by atoms with van der Waals surface area (Å²) in [5.74, 6) is 0.688. The van der Waals surface area contributed by atoms with Gasteiger partial charge in [0.1, 0.15) is 17.9 Å². The van der Waals surface area contributed by atoms with Crippen molar-refractivity contribution in [2.75, 3.05) is 5.73 Å². The number of fused-ring (bicyclic) bond motifs is 1. The normalized spacial score (nSPS) is 10.4. The predicted molar refractivity (Wildman–Crippen MR) is 83.1 cm³/mol. The molecule has 0 saturated carbocycles. The van der Waals surface area contributed by atoms with Crippen molar-refractivity contribution in [3.8, 4) is 17.1 Å². The number of H-pyrrole nitrogens is 1. The molecule has 4 aromatic rings. The van der Waals surface area contributed by atoms with E-state index in [1.807, 2.05) is 54.7 Å². The third-order valence-electron chi connectivity index (χ3n) is 3.42. The van der Waals surface area contributed by atoms with Gasteiger partial charge in [-0.3, -0.25) is 0 Å². The predicted octanol–water partition coefficient (Wildman–Crippen LogP) is -1.12. The first-order valence-electron chi connectivity index (χ1n) is 6.85. The summed E-state index contributed by atoms with van der Waals surface area (Å²) in [4.78, 5) is 8.98. The van der Waals surface area contributed by atoms with Crippen LogP contribution in [0.4, 0.5) is 5.69 Å². The van der Waals surface area contributed by atoms with E-state index < -0.39 is 0 Å². The minimum atomic E-state index is 0. The number of anilines is 1. The van der Waals surface area contributed by atoms with Crippen LogP contribution in [0.1, 0.15) is 0 Å². The Morgan fingerprint density at radius 1 is 0.957 bits per heavy atom. The van der Waals surface area contributed by atoms with Gasteiger partial charge in [-0.1, -0.05) is 17.1 Å². The number of nitrogen functional groups attached to an aromatic ring is 1. The molecule has 2 aromatic heterocycles. The first kappa shape index (κ1) is 14.9. The summed E-state index contributed by atoms with van der Waals surface area (Å²) in [6.07, 6.45) is 3.59. The van der Waals surface area contributed by atoms with Crippen LogP contribution in [-0.4, -0.2) is 20.3 Å². The molecule has 0 saturated heterocycles. The van der Waals surface area contributed by atoms with E-state index in [1.54, 1.807) is 10.9 Å². The largest absolute Gasteiger partial charge is 1.00 e. The number of nitrogens with one attached hydrogen (secondary N) is 1. The van der Waals surface area contributed by atoms with Crippen LogP contribution in [0.2, 0.25) is 0 Å². The highest BCUT2D eigenvalue weighted by atomic mass is 35.5. The minimum absolute atomic E-state index is 0. The van der Waals surface area contributed by atoms with E-state index in [0.29, 0.717) is 5.82 Å². The second-order valence-corrected chi connectivity index (χ2v) is 4.94. The molecule has 23 heavy (non-hydrogen) atoms. The van der Waals surface area contributed by atoms with E-state index in [2.05, 4.69) is 20.3 Å². The number of nitrogens with zero attached hydrogens (tertiary/aromatic N) is 4. The Balaban J connectivity index is 0.00000156. The van der Waals surface area contributed by atoms with Crippen LogP contribution < -0.4 is 22.8 Å². The quantitative estimate of drug-likeness (QED) is 0.361. The molecule has 0 radical (unpaired) electrons.